The van der Waals surface area contributed by atoms with Gasteiger partial charge in [-0.1, -0.05) is 0 Å². The van der Waals surface area contributed by atoms with Crippen molar-refractivity contribution in [3.63, 3.8) is 0 Å². The molecule has 5 nitrogen and oxygen atoms in total. The maximum atomic E-state index is 5.84. The Morgan fingerprint density at radius 1 is 1.42 bits per heavy atom. The quantitative estimate of drug-likeness (QED) is 0.780. The van der Waals surface area contributed by atoms with E-state index in [1.165, 1.54) is 0 Å². The van der Waals surface area contributed by atoms with Crippen LogP contribution in [-0.4, -0.2) is 22.7 Å². The lowest BCUT2D eigenvalue weighted by Gasteiger charge is -2.11. The molecule has 5 heteroatoms. The zero-order valence-corrected chi connectivity index (χ0v) is 11.4. The molecule has 0 amide bonds. The summed E-state index contributed by atoms with van der Waals surface area (Å²) in [5.74, 6) is 1.79. The lowest BCUT2D eigenvalue weighted by atomic mass is 10.2. The Morgan fingerprint density at radius 3 is 2.95 bits per heavy atom. The number of hydrogen-bond acceptors (Lipinski definition) is 4. The first kappa shape index (κ1) is 13.3. The Bertz CT molecular complexity index is 536. The van der Waals surface area contributed by atoms with Crippen molar-refractivity contribution in [2.75, 3.05) is 24.2 Å². The zero-order valence-electron chi connectivity index (χ0n) is 11.4. The molecule has 0 saturated carbocycles. The minimum atomic E-state index is 0.612. The minimum absolute atomic E-state index is 0.612. The van der Waals surface area contributed by atoms with E-state index in [9.17, 15) is 0 Å². The average molecular weight is 260 g/mol. The van der Waals surface area contributed by atoms with Crippen molar-refractivity contribution < 1.29 is 4.74 Å². The Morgan fingerprint density at radius 2 is 2.26 bits per heavy atom. The van der Waals surface area contributed by atoms with Gasteiger partial charge in [0.05, 0.1) is 12.3 Å². The predicted octanol–water partition coefficient (Wildman–Crippen LogP) is 2.06. The van der Waals surface area contributed by atoms with Gasteiger partial charge in [0.2, 0.25) is 0 Å². The maximum Gasteiger partial charge on any atom is 0.144 e. The lowest BCUT2D eigenvalue weighted by molar-refractivity contribution is 0.342. The highest BCUT2D eigenvalue weighted by atomic mass is 16.5. The normalized spacial score (nSPS) is 10.4. The number of nitrogen functional groups attached to an aromatic ring is 1. The Hall–Kier alpha value is -2.17. The van der Waals surface area contributed by atoms with Gasteiger partial charge in [-0.3, -0.25) is 0 Å². The number of aromatic nitrogens is 2. The van der Waals surface area contributed by atoms with Gasteiger partial charge in [-0.15, -0.1) is 0 Å². The molecule has 0 bridgehead atoms. The number of aryl methyl sites for hydroxylation is 1. The van der Waals surface area contributed by atoms with Gasteiger partial charge in [-0.2, -0.15) is 0 Å². The van der Waals surface area contributed by atoms with Crippen molar-refractivity contribution in [2.24, 2.45) is 7.05 Å². The van der Waals surface area contributed by atoms with Gasteiger partial charge in [0, 0.05) is 44.2 Å². The second-order valence-electron chi connectivity index (χ2n) is 4.32. The third-order valence-corrected chi connectivity index (χ3v) is 2.91. The van der Waals surface area contributed by atoms with Crippen LogP contribution in [0.2, 0.25) is 0 Å². The summed E-state index contributed by atoms with van der Waals surface area (Å²) in [6.07, 6.45) is 4.63. The van der Waals surface area contributed by atoms with E-state index < -0.39 is 0 Å². The molecule has 1 aromatic carbocycles. The van der Waals surface area contributed by atoms with Crippen LogP contribution >= 0.6 is 0 Å². The van der Waals surface area contributed by atoms with Crippen LogP contribution in [0, 0.1) is 0 Å². The zero-order chi connectivity index (χ0) is 13.7. The largest absolute Gasteiger partial charge is 0.492 e. The Labute approximate surface area is 113 Å². The van der Waals surface area contributed by atoms with Gasteiger partial charge < -0.3 is 20.4 Å². The molecule has 0 aliphatic carbocycles. The summed E-state index contributed by atoms with van der Waals surface area (Å²) < 4.78 is 7.49. The molecule has 0 fully saturated rings. The number of benzene rings is 1. The topological polar surface area (TPSA) is 65.1 Å². The molecule has 102 valence electrons. The van der Waals surface area contributed by atoms with Crippen LogP contribution in [0.1, 0.15) is 12.7 Å². The van der Waals surface area contributed by atoms with E-state index in [-0.39, 0.29) is 0 Å². The highest BCUT2D eigenvalue weighted by Gasteiger charge is 2.02. The van der Waals surface area contributed by atoms with Crippen LogP contribution < -0.4 is 15.8 Å². The first-order valence-electron chi connectivity index (χ1n) is 6.43. The Kier molecular flexibility index (Phi) is 4.28. The molecule has 1 aromatic heterocycles. The van der Waals surface area contributed by atoms with Gasteiger partial charge in [0.25, 0.3) is 0 Å². The summed E-state index contributed by atoms with van der Waals surface area (Å²) in [6.45, 7) is 3.38. The van der Waals surface area contributed by atoms with Crippen LogP contribution in [-0.2, 0) is 13.5 Å². The molecule has 0 saturated heterocycles. The van der Waals surface area contributed by atoms with Crippen LogP contribution in [0.5, 0.6) is 5.75 Å². The number of nitrogens with zero attached hydrogens (tertiary/aromatic N) is 2. The van der Waals surface area contributed by atoms with Gasteiger partial charge in [0.1, 0.15) is 11.6 Å². The van der Waals surface area contributed by atoms with E-state index in [0.717, 1.165) is 30.2 Å². The second kappa shape index (κ2) is 6.13. The molecule has 2 rings (SSSR count). The van der Waals surface area contributed by atoms with Crippen molar-refractivity contribution in [3.8, 4) is 5.75 Å². The van der Waals surface area contributed by atoms with Crippen molar-refractivity contribution in [2.45, 2.75) is 13.3 Å². The molecule has 2 aromatic rings. The number of anilines is 2. The lowest BCUT2D eigenvalue weighted by Crippen LogP contribution is -2.09. The van der Waals surface area contributed by atoms with E-state index in [1.54, 1.807) is 0 Å². The molecular weight excluding hydrogens is 240 g/mol. The molecule has 3 N–H and O–H groups in total. The van der Waals surface area contributed by atoms with Crippen molar-refractivity contribution >= 4 is 11.4 Å². The number of imidazole rings is 1. The summed E-state index contributed by atoms with van der Waals surface area (Å²) in [5, 5.41) is 3.35. The summed E-state index contributed by atoms with van der Waals surface area (Å²) in [5.41, 5.74) is 7.50. The third-order valence-electron chi connectivity index (χ3n) is 2.91. The number of ether oxygens (including phenoxy) is 1. The monoisotopic (exact) mass is 260 g/mol. The molecule has 0 aliphatic rings. The van der Waals surface area contributed by atoms with E-state index in [4.69, 9.17) is 10.5 Å². The molecule has 0 atom stereocenters. The standard InChI is InChI=1S/C14H20N4O/c1-3-19-13-10-11(4-5-12(13)15)16-7-6-14-17-8-9-18(14)2/h4-5,8-10,16H,3,6-7,15H2,1-2H3. The van der Waals surface area contributed by atoms with Crippen LogP contribution in [0.4, 0.5) is 11.4 Å². The molecule has 0 unspecified atom stereocenters. The van der Waals surface area contributed by atoms with E-state index in [0.29, 0.717) is 12.3 Å². The number of nitrogens with two attached hydrogens (primary N) is 1. The summed E-state index contributed by atoms with van der Waals surface area (Å²) in [6, 6.07) is 5.74. The number of rotatable bonds is 6. The molecular formula is C14H20N4O. The fraction of sp³-hybridized carbons (Fsp3) is 0.357. The molecule has 0 aliphatic heterocycles. The van der Waals surface area contributed by atoms with E-state index in [2.05, 4.69) is 10.3 Å². The second-order valence-corrected chi connectivity index (χ2v) is 4.32. The summed E-state index contributed by atoms with van der Waals surface area (Å²) in [4.78, 5) is 4.29. The summed E-state index contributed by atoms with van der Waals surface area (Å²) in [7, 11) is 2.00. The van der Waals surface area contributed by atoms with Crippen molar-refractivity contribution in [3.05, 3.63) is 36.4 Å². The first-order chi connectivity index (χ1) is 9.20. The molecule has 0 spiro atoms. The van der Waals surface area contributed by atoms with Gasteiger partial charge in [0.15, 0.2) is 0 Å². The third kappa shape index (κ3) is 3.40. The maximum absolute atomic E-state index is 5.84. The highest BCUT2D eigenvalue weighted by molar-refractivity contribution is 5.61. The Balaban J connectivity index is 1.92. The number of nitrogens with one attached hydrogen (secondary N) is 1. The summed E-state index contributed by atoms with van der Waals surface area (Å²) >= 11 is 0. The smallest absolute Gasteiger partial charge is 0.144 e. The average Bonchev–Trinajstić information content (AvgIpc) is 2.79. The van der Waals surface area contributed by atoms with Gasteiger partial charge in [-0.25, -0.2) is 4.98 Å². The van der Waals surface area contributed by atoms with Gasteiger partial charge >= 0.3 is 0 Å². The van der Waals surface area contributed by atoms with E-state index in [1.807, 2.05) is 49.1 Å². The predicted molar refractivity (Wildman–Crippen MR) is 77.4 cm³/mol. The van der Waals surface area contributed by atoms with Crippen molar-refractivity contribution in [1.82, 2.24) is 9.55 Å². The molecule has 0 radical (unpaired) electrons. The SMILES string of the molecule is CCOc1cc(NCCc2nccn2C)ccc1N. The van der Waals surface area contributed by atoms with Crippen molar-refractivity contribution in [1.29, 1.82) is 0 Å². The minimum Gasteiger partial charge on any atom is -0.492 e. The number of hydrogen-bond donors (Lipinski definition) is 2. The fourth-order valence-corrected chi connectivity index (χ4v) is 1.88. The first-order valence-corrected chi connectivity index (χ1v) is 6.43. The highest BCUT2D eigenvalue weighted by Crippen LogP contribution is 2.25. The molecule has 1 heterocycles. The van der Waals surface area contributed by atoms with Gasteiger partial charge in [-0.05, 0) is 19.1 Å². The van der Waals surface area contributed by atoms with E-state index >= 15 is 0 Å². The van der Waals surface area contributed by atoms with Crippen LogP contribution in [0.15, 0.2) is 30.6 Å². The fourth-order valence-electron chi connectivity index (χ4n) is 1.88. The van der Waals surface area contributed by atoms with Crippen LogP contribution in [0.25, 0.3) is 0 Å². The van der Waals surface area contributed by atoms with Crippen LogP contribution in [0.3, 0.4) is 0 Å². The molecule has 19 heavy (non-hydrogen) atoms.